The third-order valence-corrected chi connectivity index (χ3v) is 5.26. The number of hydrogen-bond acceptors (Lipinski definition) is 7. The highest BCUT2D eigenvalue weighted by Gasteiger charge is 2.26. The fourth-order valence-electron chi connectivity index (χ4n) is 2.36. The van der Waals surface area contributed by atoms with Crippen molar-refractivity contribution in [2.45, 2.75) is 51.4 Å². The smallest absolute Gasteiger partial charge is 0.305 e. The van der Waals surface area contributed by atoms with Gasteiger partial charge in [-0.3, -0.25) is 20.4 Å². The quantitative estimate of drug-likeness (QED) is 0.520. The van der Waals surface area contributed by atoms with Crippen molar-refractivity contribution in [2.75, 3.05) is 6.61 Å². The number of sulfonamides is 1. The van der Waals surface area contributed by atoms with Crippen molar-refractivity contribution in [3.8, 4) is 11.5 Å². The predicted molar refractivity (Wildman–Crippen MR) is 112 cm³/mol. The van der Waals surface area contributed by atoms with Crippen LogP contribution in [0.2, 0.25) is 0 Å². The lowest BCUT2D eigenvalue weighted by Gasteiger charge is -2.19. The number of amides is 2. The fourth-order valence-corrected chi connectivity index (χ4v) is 3.71. The van der Waals surface area contributed by atoms with E-state index in [0.29, 0.717) is 18.1 Å². The van der Waals surface area contributed by atoms with E-state index in [-0.39, 0.29) is 5.76 Å². The first kappa shape index (κ1) is 24.2. The van der Waals surface area contributed by atoms with Crippen LogP contribution in [0.15, 0.2) is 45.9 Å². The Balaban J connectivity index is 1.90. The van der Waals surface area contributed by atoms with Gasteiger partial charge in [0.05, 0.1) is 6.61 Å². The molecule has 1 unspecified atom stereocenters. The summed E-state index contributed by atoms with van der Waals surface area (Å²) in [6, 6.07) is 9.08. The van der Waals surface area contributed by atoms with Gasteiger partial charge < -0.3 is 13.9 Å². The minimum atomic E-state index is -3.93. The van der Waals surface area contributed by atoms with Gasteiger partial charge in [-0.05, 0) is 71.0 Å². The molecular weight excluding hydrogens is 426 g/mol. The average Bonchev–Trinajstić information content (AvgIpc) is 3.17. The van der Waals surface area contributed by atoms with Crippen LogP contribution in [0.1, 0.15) is 45.2 Å². The summed E-state index contributed by atoms with van der Waals surface area (Å²) in [5.74, 6) is -0.592. The SMILES string of the molecule is CCOc1ccc(OC(C)C(=O)NNC(=O)c2ccc(S(=O)(=O)NC(C)(C)C)o2)cc1. The van der Waals surface area contributed by atoms with Crippen molar-refractivity contribution >= 4 is 21.8 Å². The topological polar surface area (TPSA) is 136 Å². The van der Waals surface area contributed by atoms with E-state index in [9.17, 15) is 18.0 Å². The first-order valence-corrected chi connectivity index (χ1v) is 11.0. The molecule has 170 valence electrons. The summed E-state index contributed by atoms with van der Waals surface area (Å²) < 4.78 is 42.9. The molecule has 2 amide bonds. The van der Waals surface area contributed by atoms with Crippen LogP contribution in [0.25, 0.3) is 0 Å². The summed E-state index contributed by atoms with van der Waals surface area (Å²) in [6.07, 6.45) is -0.915. The van der Waals surface area contributed by atoms with Crippen LogP contribution in [0.3, 0.4) is 0 Å². The second-order valence-electron chi connectivity index (χ2n) is 7.58. The number of nitrogens with one attached hydrogen (secondary N) is 3. The molecule has 0 aliphatic carbocycles. The maximum Gasteiger partial charge on any atom is 0.305 e. The van der Waals surface area contributed by atoms with Crippen LogP contribution in [-0.4, -0.2) is 38.5 Å². The number of carbonyl (C=O) groups excluding carboxylic acids is 2. The standard InChI is InChI=1S/C20H27N3O7S/c1-6-28-14-7-9-15(10-8-14)29-13(2)18(24)21-22-19(25)16-11-12-17(30-16)31(26,27)23-20(3,4)5/h7-13,23H,6H2,1-5H3,(H,21,24)(H,22,25). The van der Waals surface area contributed by atoms with Gasteiger partial charge in [0.25, 0.3) is 15.9 Å². The second kappa shape index (κ2) is 9.84. The Morgan fingerprint density at radius 2 is 1.65 bits per heavy atom. The van der Waals surface area contributed by atoms with Gasteiger partial charge in [-0.2, -0.15) is 0 Å². The van der Waals surface area contributed by atoms with E-state index < -0.39 is 38.6 Å². The minimum absolute atomic E-state index is 0.283. The van der Waals surface area contributed by atoms with Crippen molar-refractivity contribution in [3.63, 3.8) is 0 Å². The maximum absolute atomic E-state index is 12.2. The average molecular weight is 454 g/mol. The molecule has 0 spiro atoms. The number of rotatable bonds is 8. The Hall–Kier alpha value is -3.05. The number of furan rings is 1. The lowest BCUT2D eigenvalue weighted by atomic mass is 10.1. The monoisotopic (exact) mass is 453 g/mol. The third-order valence-electron chi connectivity index (χ3n) is 3.63. The summed E-state index contributed by atoms with van der Waals surface area (Å²) in [5.41, 5.74) is 3.64. The van der Waals surface area contributed by atoms with Crippen molar-refractivity contribution in [1.29, 1.82) is 0 Å². The van der Waals surface area contributed by atoms with Gasteiger partial charge in [0.2, 0.25) is 5.09 Å². The molecule has 1 atom stereocenters. The number of benzene rings is 1. The van der Waals surface area contributed by atoms with Gasteiger partial charge in [-0.15, -0.1) is 0 Å². The maximum atomic E-state index is 12.2. The zero-order chi connectivity index (χ0) is 23.2. The van der Waals surface area contributed by atoms with Crippen LogP contribution < -0.4 is 25.0 Å². The molecule has 0 bridgehead atoms. The van der Waals surface area contributed by atoms with Gasteiger partial charge in [-0.25, -0.2) is 13.1 Å². The molecule has 1 aromatic carbocycles. The molecule has 11 heteroatoms. The highest BCUT2D eigenvalue weighted by Crippen LogP contribution is 2.19. The van der Waals surface area contributed by atoms with Gasteiger partial charge in [0.15, 0.2) is 11.9 Å². The number of hydrazine groups is 1. The molecule has 0 aliphatic rings. The number of hydrogen-bond donors (Lipinski definition) is 3. The molecule has 2 aromatic rings. The predicted octanol–water partition coefficient (Wildman–Crippen LogP) is 1.98. The van der Waals surface area contributed by atoms with Crippen LogP contribution in [0, 0.1) is 0 Å². The van der Waals surface area contributed by atoms with Crippen molar-refractivity contribution in [3.05, 3.63) is 42.2 Å². The number of carbonyl (C=O) groups is 2. The Bertz CT molecular complexity index is 1010. The lowest BCUT2D eigenvalue weighted by molar-refractivity contribution is -0.128. The van der Waals surface area contributed by atoms with E-state index in [1.54, 1.807) is 45.0 Å². The Morgan fingerprint density at radius 3 is 2.23 bits per heavy atom. The molecule has 0 aliphatic heterocycles. The van der Waals surface area contributed by atoms with Gasteiger partial charge in [0.1, 0.15) is 11.5 Å². The zero-order valence-corrected chi connectivity index (χ0v) is 18.8. The van der Waals surface area contributed by atoms with Gasteiger partial charge in [0, 0.05) is 5.54 Å². The molecule has 10 nitrogen and oxygen atoms in total. The number of ether oxygens (including phenoxy) is 2. The first-order chi connectivity index (χ1) is 14.4. The van der Waals surface area contributed by atoms with Crippen LogP contribution in [0.4, 0.5) is 0 Å². The summed E-state index contributed by atoms with van der Waals surface area (Å²) in [6.45, 7) is 8.94. The summed E-state index contributed by atoms with van der Waals surface area (Å²) in [5, 5.41) is -0.411. The Labute approximate surface area is 181 Å². The van der Waals surface area contributed by atoms with E-state index >= 15 is 0 Å². The highest BCUT2D eigenvalue weighted by molar-refractivity contribution is 7.89. The molecule has 0 fully saturated rings. The first-order valence-electron chi connectivity index (χ1n) is 9.55. The highest BCUT2D eigenvalue weighted by atomic mass is 32.2. The van der Waals surface area contributed by atoms with E-state index in [1.807, 2.05) is 6.92 Å². The molecule has 31 heavy (non-hydrogen) atoms. The molecule has 0 saturated carbocycles. The molecule has 3 N–H and O–H groups in total. The van der Waals surface area contributed by atoms with Gasteiger partial charge in [-0.1, -0.05) is 0 Å². The zero-order valence-electron chi connectivity index (χ0n) is 18.0. The van der Waals surface area contributed by atoms with Crippen molar-refractivity contribution < 1.29 is 31.9 Å². The normalized spacial score (nSPS) is 12.7. The molecule has 1 heterocycles. The minimum Gasteiger partial charge on any atom is -0.494 e. The molecule has 0 saturated heterocycles. The van der Waals surface area contributed by atoms with Crippen LogP contribution in [-0.2, 0) is 14.8 Å². The summed E-state index contributed by atoms with van der Waals surface area (Å²) in [7, 11) is -3.93. The Morgan fingerprint density at radius 1 is 1.03 bits per heavy atom. The third kappa shape index (κ3) is 7.30. The summed E-state index contributed by atoms with van der Waals surface area (Å²) >= 11 is 0. The fraction of sp³-hybridized carbons (Fsp3) is 0.400. The molecule has 1 aromatic heterocycles. The van der Waals surface area contributed by atoms with E-state index in [0.717, 1.165) is 6.07 Å². The van der Waals surface area contributed by atoms with E-state index in [2.05, 4.69) is 15.6 Å². The van der Waals surface area contributed by atoms with Crippen molar-refractivity contribution in [1.82, 2.24) is 15.6 Å². The van der Waals surface area contributed by atoms with Crippen LogP contribution >= 0.6 is 0 Å². The Kier molecular flexibility index (Phi) is 7.69. The lowest BCUT2D eigenvalue weighted by Crippen LogP contribution is -2.47. The summed E-state index contributed by atoms with van der Waals surface area (Å²) in [4.78, 5) is 24.3. The molecule has 2 rings (SSSR count). The van der Waals surface area contributed by atoms with Crippen molar-refractivity contribution in [2.24, 2.45) is 0 Å². The molecule has 0 radical (unpaired) electrons. The van der Waals surface area contributed by atoms with E-state index in [1.165, 1.54) is 13.0 Å². The largest absolute Gasteiger partial charge is 0.494 e. The van der Waals surface area contributed by atoms with Gasteiger partial charge >= 0.3 is 5.91 Å². The van der Waals surface area contributed by atoms with Crippen LogP contribution in [0.5, 0.6) is 11.5 Å². The van der Waals surface area contributed by atoms with E-state index in [4.69, 9.17) is 13.9 Å². The molecular formula is C20H27N3O7S. The second-order valence-corrected chi connectivity index (χ2v) is 9.20.